The van der Waals surface area contributed by atoms with Crippen molar-refractivity contribution >= 4 is 23.3 Å². The number of amides is 2. The summed E-state index contributed by atoms with van der Waals surface area (Å²) in [5, 5.41) is 0. The van der Waals surface area contributed by atoms with E-state index in [4.69, 9.17) is 0 Å². The lowest BCUT2D eigenvalue weighted by Crippen LogP contribution is -2.53. The molecule has 0 unspecified atom stereocenters. The van der Waals surface area contributed by atoms with Crippen LogP contribution in [0.2, 0.25) is 0 Å². The van der Waals surface area contributed by atoms with E-state index in [0.29, 0.717) is 31.9 Å². The average Bonchev–Trinajstić information content (AvgIpc) is 2.68. The van der Waals surface area contributed by atoms with Crippen molar-refractivity contribution in [1.82, 2.24) is 9.88 Å². The van der Waals surface area contributed by atoms with Crippen LogP contribution >= 0.6 is 0 Å². The summed E-state index contributed by atoms with van der Waals surface area (Å²) >= 11 is 0. The highest BCUT2D eigenvalue weighted by molar-refractivity contribution is 6.40. The van der Waals surface area contributed by atoms with E-state index in [1.807, 2.05) is 48.5 Å². The van der Waals surface area contributed by atoms with Crippen molar-refractivity contribution in [2.24, 2.45) is 0 Å². The average molecular weight is 324 g/mol. The van der Waals surface area contributed by atoms with E-state index in [-0.39, 0.29) is 0 Å². The second kappa shape index (κ2) is 7.12. The summed E-state index contributed by atoms with van der Waals surface area (Å²) in [7, 11) is 1.62. The molecule has 6 heteroatoms. The second-order valence-electron chi connectivity index (χ2n) is 5.67. The van der Waals surface area contributed by atoms with Gasteiger partial charge in [-0.1, -0.05) is 24.3 Å². The van der Waals surface area contributed by atoms with Crippen LogP contribution in [-0.2, 0) is 9.59 Å². The Labute approximate surface area is 141 Å². The molecule has 1 aliphatic rings. The minimum atomic E-state index is -0.507. The van der Waals surface area contributed by atoms with Crippen molar-refractivity contribution in [3.63, 3.8) is 0 Å². The number of nitrogens with zero attached hydrogens (tertiary/aromatic N) is 4. The monoisotopic (exact) mass is 324 g/mol. The zero-order valence-electron chi connectivity index (χ0n) is 13.6. The third-order valence-corrected chi connectivity index (χ3v) is 4.17. The fraction of sp³-hybridized carbons (Fsp3) is 0.278. The van der Waals surface area contributed by atoms with Crippen LogP contribution in [0.4, 0.5) is 11.5 Å². The molecular formula is C18H20N4O2. The standard InChI is InChI=1S/C18H20N4O2/c1-20(15-7-3-2-4-8-15)17(23)18(24)22-13-11-21(12-14-22)16-9-5-6-10-19-16/h2-10H,11-14H2,1H3. The van der Waals surface area contributed by atoms with Crippen LogP contribution in [0.1, 0.15) is 0 Å². The van der Waals surface area contributed by atoms with Gasteiger partial charge in [0.15, 0.2) is 0 Å². The number of rotatable bonds is 2. The van der Waals surface area contributed by atoms with Crippen LogP contribution < -0.4 is 9.80 Å². The summed E-state index contributed by atoms with van der Waals surface area (Å²) in [6.45, 7) is 2.38. The van der Waals surface area contributed by atoms with Gasteiger partial charge in [-0.3, -0.25) is 9.59 Å². The number of para-hydroxylation sites is 1. The van der Waals surface area contributed by atoms with Crippen LogP contribution in [0, 0.1) is 0 Å². The van der Waals surface area contributed by atoms with Crippen LogP contribution in [0.15, 0.2) is 54.7 Å². The Balaban J connectivity index is 1.60. The first-order valence-electron chi connectivity index (χ1n) is 7.95. The first kappa shape index (κ1) is 16.0. The number of aromatic nitrogens is 1. The van der Waals surface area contributed by atoms with Gasteiger partial charge in [0, 0.05) is 45.1 Å². The molecule has 2 amide bonds. The molecule has 6 nitrogen and oxygen atoms in total. The quantitative estimate of drug-likeness (QED) is 0.784. The normalized spacial score (nSPS) is 14.4. The van der Waals surface area contributed by atoms with Crippen LogP contribution in [0.25, 0.3) is 0 Å². The fourth-order valence-corrected chi connectivity index (χ4v) is 2.73. The predicted molar refractivity (Wildman–Crippen MR) is 92.9 cm³/mol. The largest absolute Gasteiger partial charge is 0.353 e. The van der Waals surface area contributed by atoms with E-state index < -0.39 is 11.8 Å². The number of hydrogen-bond acceptors (Lipinski definition) is 4. The van der Waals surface area contributed by atoms with Crippen molar-refractivity contribution in [1.29, 1.82) is 0 Å². The highest BCUT2D eigenvalue weighted by Crippen LogP contribution is 2.15. The number of pyridine rings is 1. The van der Waals surface area contributed by atoms with Gasteiger partial charge in [0.25, 0.3) is 0 Å². The molecule has 0 aliphatic carbocycles. The summed E-state index contributed by atoms with van der Waals surface area (Å²) in [5.74, 6) is -0.0631. The molecule has 24 heavy (non-hydrogen) atoms. The lowest BCUT2D eigenvalue weighted by molar-refractivity contribution is -0.144. The van der Waals surface area contributed by atoms with Gasteiger partial charge in [0.2, 0.25) is 0 Å². The minimum Gasteiger partial charge on any atom is -0.353 e. The third-order valence-electron chi connectivity index (χ3n) is 4.17. The Hall–Kier alpha value is -2.89. The molecule has 0 saturated carbocycles. The van der Waals surface area contributed by atoms with Gasteiger partial charge < -0.3 is 14.7 Å². The van der Waals surface area contributed by atoms with Gasteiger partial charge in [-0.05, 0) is 24.3 Å². The molecule has 0 bridgehead atoms. The molecule has 0 N–H and O–H groups in total. The molecule has 1 aromatic heterocycles. The SMILES string of the molecule is CN(C(=O)C(=O)N1CCN(c2ccccn2)CC1)c1ccccc1. The molecule has 1 fully saturated rings. The molecule has 1 aliphatic heterocycles. The topological polar surface area (TPSA) is 56.8 Å². The lowest BCUT2D eigenvalue weighted by atomic mass is 10.2. The zero-order valence-corrected chi connectivity index (χ0v) is 13.6. The first-order valence-corrected chi connectivity index (χ1v) is 7.95. The Morgan fingerprint density at radius 2 is 1.62 bits per heavy atom. The summed E-state index contributed by atoms with van der Waals surface area (Å²) in [6, 6.07) is 14.9. The molecule has 0 atom stereocenters. The van der Waals surface area contributed by atoms with E-state index in [9.17, 15) is 9.59 Å². The second-order valence-corrected chi connectivity index (χ2v) is 5.67. The lowest BCUT2D eigenvalue weighted by Gasteiger charge is -2.35. The third kappa shape index (κ3) is 3.37. The van der Waals surface area contributed by atoms with Crippen molar-refractivity contribution in [3.8, 4) is 0 Å². The summed E-state index contributed by atoms with van der Waals surface area (Å²) in [6.07, 6.45) is 1.76. The van der Waals surface area contributed by atoms with E-state index in [1.165, 1.54) is 4.90 Å². The number of benzene rings is 1. The van der Waals surface area contributed by atoms with Gasteiger partial charge in [-0.25, -0.2) is 4.98 Å². The maximum Gasteiger partial charge on any atom is 0.316 e. The Kier molecular flexibility index (Phi) is 4.74. The molecule has 1 aromatic carbocycles. The number of anilines is 2. The van der Waals surface area contributed by atoms with Crippen molar-refractivity contribution in [3.05, 3.63) is 54.7 Å². The summed E-state index contributed by atoms with van der Waals surface area (Å²) in [5.41, 5.74) is 0.711. The molecule has 124 valence electrons. The maximum atomic E-state index is 12.5. The van der Waals surface area contributed by atoms with Gasteiger partial charge in [0.1, 0.15) is 5.82 Å². The van der Waals surface area contributed by atoms with Crippen LogP contribution in [0.3, 0.4) is 0 Å². The highest BCUT2D eigenvalue weighted by Gasteiger charge is 2.28. The molecule has 0 radical (unpaired) electrons. The van der Waals surface area contributed by atoms with Gasteiger partial charge in [-0.15, -0.1) is 0 Å². The van der Waals surface area contributed by atoms with Gasteiger partial charge in [0.05, 0.1) is 0 Å². The first-order chi connectivity index (χ1) is 11.7. The Morgan fingerprint density at radius 1 is 0.958 bits per heavy atom. The maximum absolute atomic E-state index is 12.5. The van der Waals surface area contributed by atoms with Crippen molar-refractivity contribution in [2.45, 2.75) is 0 Å². The van der Waals surface area contributed by atoms with E-state index in [0.717, 1.165) is 5.82 Å². The number of piperazine rings is 1. The van der Waals surface area contributed by atoms with Crippen molar-refractivity contribution in [2.75, 3.05) is 43.0 Å². The van der Waals surface area contributed by atoms with E-state index in [2.05, 4.69) is 9.88 Å². The molecule has 1 saturated heterocycles. The summed E-state index contributed by atoms with van der Waals surface area (Å²) in [4.78, 5) is 34.3. The molecular weight excluding hydrogens is 304 g/mol. The molecule has 0 spiro atoms. The smallest absolute Gasteiger partial charge is 0.316 e. The van der Waals surface area contributed by atoms with Crippen molar-refractivity contribution < 1.29 is 9.59 Å². The molecule has 3 rings (SSSR count). The highest BCUT2D eigenvalue weighted by atomic mass is 16.2. The summed E-state index contributed by atoms with van der Waals surface area (Å²) < 4.78 is 0. The fourth-order valence-electron chi connectivity index (χ4n) is 2.73. The molecule has 2 heterocycles. The number of carbonyl (C=O) groups excluding carboxylic acids is 2. The van der Waals surface area contributed by atoms with Gasteiger partial charge >= 0.3 is 11.8 Å². The van der Waals surface area contributed by atoms with Gasteiger partial charge in [-0.2, -0.15) is 0 Å². The van der Waals surface area contributed by atoms with E-state index >= 15 is 0 Å². The Bertz CT molecular complexity index is 697. The number of hydrogen-bond donors (Lipinski definition) is 0. The van der Waals surface area contributed by atoms with Crippen LogP contribution in [-0.4, -0.2) is 54.9 Å². The zero-order chi connectivity index (χ0) is 16.9. The Morgan fingerprint density at radius 3 is 2.25 bits per heavy atom. The number of carbonyl (C=O) groups is 2. The molecule has 2 aromatic rings. The minimum absolute atomic E-state index is 0.456. The van der Waals surface area contributed by atoms with E-state index in [1.54, 1.807) is 18.1 Å². The van der Waals surface area contributed by atoms with Crippen LogP contribution in [0.5, 0.6) is 0 Å². The number of likely N-dealkylation sites (N-methyl/N-ethyl adjacent to an activating group) is 1. The predicted octanol–water partition coefficient (Wildman–Crippen LogP) is 1.39.